The quantitative estimate of drug-likeness (QED) is 0.885. The normalized spacial score (nSPS) is 19.7. The number of piperidine rings is 1. The summed E-state index contributed by atoms with van der Waals surface area (Å²) in [4.78, 5) is 2.40. The van der Waals surface area contributed by atoms with E-state index in [-0.39, 0.29) is 0 Å². The average molecular weight is 248 g/mol. The Bertz CT molecular complexity index is 373. The SMILES string of the molecule is COc1cccc([C@H](C)NC2CCN(C)CC2)c1. The van der Waals surface area contributed by atoms with E-state index in [9.17, 15) is 0 Å². The first-order valence-corrected chi connectivity index (χ1v) is 6.77. The molecule has 1 heterocycles. The molecule has 1 saturated heterocycles. The van der Waals surface area contributed by atoms with Gasteiger partial charge in [-0.25, -0.2) is 0 Å². The van der Waals surface area contributed by atoms with E-state index in [1.54, 1.807) is 7.11 Å². The molecular formula is C15H24N2O. The summed E-state index contributed by atoms with van der Waals surface area (Å²) in [5.41, 5.74) is 1.30. The van der Waals surface area contributed by atoms with Gasteiger partial charge in [-0.05, 0) is 57.6 Å². The number of benzene rings is 1. The fourth-order valence-electron chi connectivity index (χ4n) is 2.54. The molecule has 0 amide bonds. The monoisotopic (exact) mass is 248 g/mol. The highest BCUT2D eigenvalue weighted by atomic mass is 16.5. The Labute approximate surface area is 110 Å². The Kier molecular flexibility index (Phi) is 4.61. The van der Waals surface area contributed by atoms with Crippen LogP contribution < -0.4 is 10.1 Å². The molecule has 0 aliphatic carbocycles. The van der Waals surface area contributed by atoms with Gasteiger partial charge in [-0.3, -0.25) is 0 Å². The van der Waals surface area contributed by atoms with E-state index in [4.69, 9.17) is 4.74 Å². The number of likely N-dealkylation sites (tertiary alicyclic amines) is 1. The Hall–Kier alpha value is -1.06. The van der Waals surface area contributed by atoms with Crippen LogP contribution in [0.15, 0.2) is 24.3 Å². The highest BCUT2D eigenvalue weighted by Crippen LogP contribution is 2.20. The van der Waals surface area contributed by atoms with Crippen LogP contribution in [0.5, 0.6) is 5.75 Å². The zero-order chi connectivity index (χ0) is 13.0. The molecule has 18 heavy (non-hydrogen) atoms. The Morgan fingerprint density at radius 3 is 2.72 bits per heavy atom. The van der Waals surface area contributed by atoms with Gasteiger partial charge in [0.25, 0.3) is 0 Å². The van der Waals surface area contributed by atoms with Gasteiger partial charge in [0.15, 0.2) is 0 Å². The Morgan fingerprint density at radius 1 is 1.33 bits per heavy atom. The van der Waals surface area contributed by atoms with Gasteiger partial charge in [0.2, 0.25) is 0 Å². The Balaban J connectivity index is 1.92. The van der Waals surface area contributed by atoms with Crippen LogP contribution in [0, 0.1) is 0 Å². The molecule has 1 aliphatic heterocycles. The summed E-state index contributed by atoms with van der Waals surface area (Å²) in [5, 5.41) is 3.72. The fraction of sp³-hybridized carbons (Fsp3) is 0.600. The molecule has 0 bridgehead atoms. The molecule has 0 radical (unpaired) electrons. The highest BCUT2D eigenvalue weighted by molar-refractivity contribution is 5.30. The third kappa shape index (κ3) is 3.47. The first-order chi connectivity index (χ1) is 8.69. The molecule has 1 aromatic rings. The molecule has 1 aliphatic rings. The lowest BCUT2D eigenvalue weighted by atomic mass is 10.0. The van der Waals surface area contributed by atoms with Crippen LogP contribution in [0.25, 0.3) is 0 Å². The molecule has 1 fully saturated rings. The number of ether oxygens (including phenoxy) is 1. The minimum Gasteiger partial charge on any atom is -0.497 e. The predicted molar refractivity (Wildman–Crippen MR) is 75.1 cm³/mol. The lowest BCUT2D eigenvalue weighted by Gasteiger charge is -2.31. The molecule has 1 aromatic carbocycles. The van der Waals surface area contributed by atoms with Crippen LogP contribution in [0.1, 0.15) is 31.4 Å². The van der Waals surface area contributed by atoms with Crippen LogP contribution in [-0.4, -0.2) is 38.2 Å². The zero-order valence-electron chi connectivity index (χ0n) is 11.6. The van der Waals surface area contributed by atoms with E-state index in [1.165, 1.54) is 31.5 Å². The van der Waals surface area contributed by atoms with Crippen molar-refractivity contribution in [3.63, 3.8) is 0 Å². The van der Waals surface area contributed by atoms with Crippen molar-refractivity contribution in [1.29, 1.82) is 0 Å². The van der Waals surface area contributed by atoms with E-state index < -0.39 is 0 Å². The molecule has 2 rings (SSSR count). The van der Waals surface area contributed by atoms with Crippen LogP contribution in [0.4, 0.5) is 0 Å². The summed E-state index contributed by atoms with van der Waals surface area (Å²) >= 11 is 0. The molecular weight excluding hydrogens is 224 g/mol. The van der Waals surface area contributed by atoms with Crippen LogP contribution in [0.2, 0.25) is 0 Å². The topological polar surface area (TPSA) is 24.5 Å². The summed E-state index contributed by atoms with van der Waals surface area (Å²) in [5.74, 6) is 0.935. The van der Waals surface area contributed by atoms with Gasteiger partial charge in [0, 0.05) is 12.1 Å². The van der Waals surface area contributed by atoms with Crippen LogP contribution >= 0.6 is 0 Å². The first-order valence-electron chi connectivity index (χ1n) is 6.77. The molecule has 0 unspecified atom stereocenters. The van der Waals surface area contributed by atoms with Crippen molar-refractivity contribution in [2.75, 3.05) is 27.2 Å². The number of nitrogens with zero attached hydrogens (tertiary/aromatic N) is 1. The number of methoxy groups -OCH3 is 1. The highest BCUT2D eigenvalue weighted by Gasteiger charge is 2.18. The average Bonchev–Trinajstić information content (AvgIpc) is 2.41. The molecule has 1 atom stereocenters. The zero-order valence-corrected chi connectivity index (χ0v) is 11.6. The van der Waals surface area contributed by atoms with Gasteiger partial charge in [-0.2, -0.15) is 0 Å². The third-order valence-electron chi connectivity index (χ3n) is 3.80. The van der Waals surface area contributed by atoms with Crippen molar-refractivity contribution in [2.45, 2.75) is 31.8 Å². The van der Waals surface area contributed by atoms with Gasteiger partial charge in [0.05, 0.1) is 7.11 Å². The van der Waals surface area contributed by atoms with Crippen LogP contribution in [-0.2, 0) is 0 Å². The van der Waals surface area contributed by atoms with Crippen LogP contribution in [0.3, 0.4) is 0 Å². The summed E-state index contributed by atoms with van der Waals surface area (Å²) in [6, 6.07) is 9.35. The molecule has 0 spiro atoms. The van der Waals surface area contributed by atoms with E-state index >= 15 is 0 Å². The van der Waals surface area contributed by atoms with Crippen molar-refractivity contribution in [2.24, 2.45) is 0 Å². The van der Waals surface area contributed by atoms with Crippen molar-refractivity contribution < 1.29 is 4.74 Å². The molecule has 0 aromatic heterocycles. The number of hydrogen-bond acceptors (Lipinski definition) is 3. The smallest absolute Gasteiger partial charge is 0.119 e. The second-order valence-electron chi connectivity index (χ2n) is 5.24. The van der Waals surface area contributed by atoms with Crippen molar-refractivity contribution in [3.8, 4) is 5.75 Å². The fourth-order valence-corrected chi connectivity index (χ4v) is 2.54. The largest absolute Gasteiger partial charge is 0.497 e. The first kappa shape index (κ1) is 13.4. The Morgan fingerprint density at radius 2 is 2.06 bits per heavy atom. The summed E-state index contributed by atoms with van der Waals surface area (Å²) < 4.78 is 5.27. The second-order valence-corrected chi connectivity index (χ2v) is 5.24. The maximum atomic E-state index is 5.27. The number of rotatable bonds is 4. The molecule has 3 heteroatoms. The molecule has 0 saturated carbocycles. The summed E-state index contributed by atoms with van der Waals surface area (Å²) in [6.07, 6.45) is 2.48. The third-order valence-corrected chi connectivity index (χ3v) is 3.80. The van der Waals surface area contributed by atoms with Gasteiger partial charge >= 0.3 is 0 Å². The molecule has 1 N–H and O–H groups in total. The standard InChI is InChI=1S/C15H24N2O/c1-12(13-5-4-6-15(11-13)18-3)16-14-7-9-17(2)10-8-14/h4-6,11-12,14,16H,7-10H2,1-3H3/t12-/m0/s1. The molecule has 3 nitrogen and oxygen atoms in total. The van der Waals surface area contributed by atoms with Crippen molar-refractivity contribution in [3.05, 3.63) is 29.8 Å². The minimum absolute atomic E-state index is 0.383. The summed E-state index contributed by atoms with van der Waals surface area (Å²) in [7, 11) is 3.91. The lowest BCUT2D eigenvalue weighted by Crippen LogP contribution is -2.41. The van der Waals surface area contributed by atoms with Gasteiger partial charge in [0.1, 0.15) is 5.75 Å². The van der Waals surface area contributed by atoms with E-state index in [0.29, 0.717) is 12.1 Å². The maximum absolute atomic E-state index is 5.27. The van der Waals surface area contributed by atoms with Gasteiger partial charge in [-0.15, -0.1) is 0 Å². The van der Waals surface area contributed by atoms with E-state index in [1.807, 2.05) is 6.07 Å². The van der Waals surface area contributed by atoms with Crippen molar-refractivity contribution in [1.82, 2.24) is 10.2 Å². The number of hydrogen-bond donors (Lipinski definition) is 1. The second kappa shape index (κ2) is 6.21. The lowest BCUT2D eigenvalue weighted by molar-refractivity contribution is 0.226. The maximum Gasteiger partial charge on any atom is 0.119 e. The minimum atomic E-state index is 0.383. The predicted octanol–water partition coefficient (Wildman–Crippen LogP) is 2.44. The van der Waals surface area contributed by atoms with Gasteiger partial charge in [-0.1, -0.05) is 12.1 Å². The van der Waals surface area contributed by atoms with Gasteiger partial charge < -0.3 is 15.0 Å². The van der Waals surface area contributed by atoms with E-state index in [0.717, 1.165) is 5.75 Å². The summed E-state index contributed by atoms with van der Waals surface area (Å²) in [6.45, 7) is 4.62. The van der Waals surface area contributed by atoms with E-state index in [2.05, 4.69) is 42.4 Å². The number of nitrogens with one attached hydrogen (secondary N) is 1. The molecule has 100 valence electrons. The van der Waals surface area contributed by atoms with Crippen molar-refractivity contribution >= 4 is 0 Å².